The van der Waals surface area contributed by atoms with Crippen molar-refractivity contribution < 1.29 is 64.5 Å². The van der Waals surface area contributed by atoms with Gasteiger partial charge in [0.1, 0.15) is 49.4 Å². The van der Waals surface area contributed by atoms with Gasteiger partial charge in [0.15, 0.2) is 17.3 Å². The van der Waals surface area contributed by atoms with Gasteiger partial charge in [-0.1, -0.05) is 102 Å². The maximum absolute atomic E-state index is 13.3. The minimum absolute atomic E-state index is 0.000849. The number of benzene rings is 4. The molecule has 0 radical (unpaired) electrons. The van der Waals surface area contributed by atoms with Crippen molar-refractivity contribution in [1.82, 2.24) is 4.90 Å². The smallest absolute Gasteiger partial charge is 0.417 e. The lowest BCUT2D eigenvalue weighted by Gasteiger charge is -2.19. The van der Waals surface area contributed by atoms with E-state index in [9.17, 15) is 45.5 Å². The third-order valence-corrected chi connectivity index (χ3v) is 12.7. The number of carbonyl (C=O) groups excluding carboxylic acids is 4. The van der Waals surface area contributed by atoms with Gasteiger partial charge >= 0.3 is 6.18 Å². The molecule has 4 aromatic carbocycles. The second-order valence-electron chi connectivity index (χ2n) is 23.2. The molecule has 17 heteroatoms. The Morgan fingerprint density at radius 2 is 0.843 bits per heavy atom. The van der Waals surface area contributed by atoms with Gasteiger partial charge in [0.2, 0.25) is 0 Å². The second-order valence-corrected chi connectivity index (χ2v) is 24.3. The molecule has 0 spiro atoms. The molecule has 0 fully saturated rings. The number of hydrogen-bond acceptors (Lipinski definition) is 8. The number of amides is 1. The van der Waals surface area contributed by atoms with E-state index in [2.05, 4.69) is 36.7 Å². The fraction of sp³-hybridized carbons (Fsp3) is 0.455. The Morgan fingerprint density at radius 3 is 1.18 bits per heavy atom. The first-order valence-electron chi connectivity index (χ1n) is 27.3. The number of hydrogen-bond donors (Lipinski definition) is 0. The molecule has 0 aliphatic carbocycles. The van der Waals surface area contributed by atoms with E-state index < -0.39 is 22.9 Å². The van der Waals surface area contributed by atoms with Crippen LogP contribution in [-0.2, 0) is 6.18 Å². The number of halogens is 8. The number of nitrogens with zero attached hydrogens (tertiary/aromatic N) is 1. The van der Waals surface area contributed by atoms with Crippen LogP contribution in [0.5, 0.6) is 23.0 Å². The largest absolute Gasteiger partial charge is 0.489 e. The van der Waals surface area contributed by atoms with Crippen LogP contribution >= 0.6 is 27.5 Å². The van der Waals surface area contributed by atoms with E-state index in [1.54, 1.807) is 89.8 Å². The number of ketones is 3. The molecule has 0 aliphatic heterocycles. The molecule has 4 rings (SSSR count). The molecule has 0 aliphatic rings. The lowest BCUT2D eigenvalue weighted by atomic mass is 9.86. The highest BCUT2D eigenvalue weighted by molar-refractivity contribution is 9.10. The molecule has 0 bridgehead atoms. The number of alkyl halides is 3. The molecule has 0 unspecified atom stereocenters. The van der Waals surface area contributed by atoms with Gasteiger partial charge in [-0.3, -0.25) is 19.2 Å². The van der Waals surface area contributed by atoms with E-state index in [1.165, 1.54) is 11.0 Å². The summed E-state index contributed by atoms with van der Waals surface area (Å²) in [4.78, 5) is 49.6. The Labute approximate surface area is 502 Å². The molecule has 0 heterocycles. The first-order valence-corrected chi connectivity index (χ1v) is 28.6. The van der Waals surface area contributed by atoms with E-state index in [-0.39, 0.29) is 65.9 Å². The zero-order valence-corrected chi connectivity index (χ0v) is 53.2. The summed E-state index contributed by atoms with van der Waals surface area (Å²) in [5.74, 6) is 1.57. The van der Waals surface area contributed by atoms with Gasteiger partial charge in [0.25, 0.3) is 5.91 Å². The third-order valence-electron chi connectivity index (χ3n) is 11.7. The Kier molecular flexibility index (Phi) is 33.0. The molecule has 83 heavy (non-hydrogen) atoms. The normalized spacial score (nSPS) is 12.3. The lowest BCUT2D eigenvalue weighted by Crippen LogP contribution is -2.21. The Morgan fingerprint density at radius 1 is 0.494 bits per heavy atom. The monoisotopic (exact) mass is 1250 g/mol. The van der Waals surface area contributed by atoms with Crippen LogP contribution in [0.2, 0.25) is 0 Å². The predicted octanol–water partition coefficient (Wildman–Crippen LogP) is 19.9. The van der Waals surface area contributed by atoms with Crippen molar-refractivity contribution in [2.75, 3.05) is 40.5 Å². The summed E-state index contributed by atoms with van der Waals surface area (Å²) in [5.41, 5.74) is 4.27. The molecule has 0 saturated carbocycles. The molecule has 0 saturated heterocycles. The highest BCUT2D eigenvalue weighted by Crippen LogP contribution is 2.37. The van der Waals surface area contributed by atoms with Crippen LogP contribution in [0.15, 0.2) is 136 Å². The summed E-state index contributed by atoms with van der Waals surface area (Å²) in [6.07, 6.45) is 0.401. The third kappa shape index (κ3) is 30.3. The summed E-state index contributed by atoms with van der Waals surface area (Å²) in [6.45, 7) is 25.9. The molecule has 0 aromatic heterocycles. The van der Waals surface area contributed by atoms with Crippen LogP contribution in [0.4, 0.5) is 26.3 Å². The standard InChI is InChI=1S/C18H22F4O2.C17H23ClO2.C17H23FO2.C14H17BrFNO2/c1-5-12(10-19)11-24-13-6-7-14(15(8-13)18(20,21)22)16(23)9-17(2,3)4;2*1-5-13(11-18)12-20-15-8-6-14(7-9-15)16(19)10-17(2,3)4;1-4-10(8-16)9-19-13-6-5-11(7-12(13)15)14(18)17(2)3/h6-8,10H,5,9,11H2,1-4H3;2*6-9,11H,5,10,12H2,1-4H3;5-8H,4,9H2,1-3H3/b12-10+;2*13-11+;10-8-. The van der Waals surface area contributed by atoms with E-state index in [0.717, 1.165) is 35.4 Å². The molecule has 1 amide bonds. The van der Waals surface area contributed by atoms with Crippen molar-refractivity contribution in [3.8, 4) is 23.0 Å². The van der Waals surface area contributed by atoms with Gasteiger partial charge in [-0.2, -0.15) is 13.2 Å². The van der Waals surface area contributed by atoms with Crippen molar-refractivity contribution >= 4 is 50.8 Å². The van der Waals surface area contributed by atoms with Crippen molar-refractivity contribution in [2.45, 2.75) is 141 Å². The maximum atomic E-state index is 13.3. The van der Waals surface area contributed by atoms with Crippen LogP contribution in [0.1, 0.15) is 182 Å². The van der Waals surface area contributed by atoms with Crippen LogP contribution in [0.25, 0.3) is 0 Å². The van der Waals surface area contributed by atoms with Crippen molar-refractivity contribution in [3.63, 3.8) is 0 Å². The summed E-state index contributed by atoms with van der Waals surface area (Å²) >= 11 is 9.03. The van der Waals surface area contributed by atoms with Gasteiger partial charge in [0.05, 0.1) is 29.0 Å². The van der Waals surface area contributed by atoms with E-state index >= 15 is 0 Å². The SMILES string of the molecule is CC/C(=C/F)COc1ccc(C(=O)N(C)C)cc1Br.CC/C(=C\Cl)COc1ccc(C(=O)CC(C)(C)C)cc1.CC/C(=C\F)COc1ccc(C(=O)CC(C)(C)C)c(C(F)(F)F)c1.CC/C(=C\F)COc1ccc(C(=O)CC(C)(C)C)cc1. The van der Waals surface area contributed by atoms with Gasteiger partial charge < -0.3 is 23.8 Å². The van der Waals surface area contributed by atoms with Gasteiger partial charge in [-0.25, -0.2) is 13.2 Å². The molecule has 9 nitrogen and oxygen atoms in total. The predicted molar refractivity (Wildman–Crippen MR) is 326 cm³/mol. The Hall–Kier alpha value is -6.13. The fourth-order valence-corrected chi connectivity index (χ4v) is 7.57. The van der Waals surface area contributed by atoms with E-state index in [4.69, 9.17) is 30.5 Å². The van der Waals surface area contributed by atoms with Gasteiger partial charge in [-0.15, -0.1) is 0 Å². The molecule has 0 N–H and O–H groups in total. The Balaban J connectivity index is 0.000000556. The summed E-state index contributed by atoms with van der Waals surface area (Å²) in [7, 11) is 3.39. The summed E-state index contributed by atoms with van der Waals surface area (Å²) in [6, 6.07) is 22.6. The topological polar surface area (TPSA) is 108 Å². The van der Waals surface area contributed by atoms with E-state index in [0.29, 0.717) is 102 Å². The van der Waals surface area contributed by atoms with Crippen molar-refractivity contribution in [2.24, 2.45) is 16.2 Å². The highest BCUT2D eigenvalue weighted by Gasteiger charge is 2.36. The zero-order chi connectivity index (χ0) is 63.3. The number of rotatable bonds is 23. The lowest BCUT2D eigenvalue weighted by molar-refractivity contribution is -0.138. The van der Waals surface area contributed by atoms with Gasteiger partial charge in [-0.05, 0) is 165 Å². The average molecular weight is 1250 g/mol. The van der Waals surface area contributed by atoms with E-state index in [1.807, 2.05) is 65.8 Å². The molecule has 0 atom stereocenters. The van der Waals surface area contributed by atoms with Crippen molar-refractivity contribution in [1.29, 1.82) is 0 Å². The van der Waals surface area contributed by atoms with Crippen LogP contribution in [0.3, 0.4) is 0 Å². The first kappa shape index (κ1) is 74.9. The van der Waals surface area contributed by atoms with Gasteiger partial charge in [0, 0.05) is 61.1 Å². The average Bonchev–Trinajstić information content (AvgIpc) is 3.59. The number of carbonyl (C=O) groups is 4. The maximum Gasteiger partial charge on any atom is 0.417 e. The summed E-state index contributed by atoms with van der Waals surface area (Å²) < 4.78 is 99.6. The van der Waals surface area contributed by atoms with Crippen LogP contribution < -0.4 is 18.9 Å². The summed E-state index contributed by atoms with van der Waals surface area (Å²) in [5, 5.41) is 0. The zero-order valence-electron chi connectivity index (χ0n) is 50.9. The molecular weight excluding hydrogens is 1160 g/mol. The number of Topliss-reactive ketones (excluding diaryl/α,β-unsaturated/α-hetero) is 3. The second kappa shape index (κ2) is 36.5. The first-order chi connectivity index (χ1) is 38.7. The van der Waals surface area contributed by atoms with Crippen molar-refractivity contribution in [3.05, 3.63) is 164 Å². The molecule has 458 valence electrons. The quantitative estimate of drug-likeness (QED) is 0.0534. The fourth-order valence-electron chi connectivity index (χ4n) is 6.86. The number of ether oxygens (including phenoxy) is 4. The molecular formula is C66H85BrClF6NO8. The Bertz CT molecular complexity index is 2710. The minimum atomic E-state index is -4.67. The highest BCUT2D eigenvalue weighted by atomic mass is 79.9. The minimum Gasteiger partial charge on any atom is -0.489 e. The molecule has 4 aromatic rings. The van der Waals surface area contributed by atoms with Crippen LogP contribution in [-0.4, -0.2) is 68.7 Å². The van der Waals surface area contributed by atoms with Crippen LogP contribution in [0, 0.1) is 16.2 Å².